The van der Waals surface area contributed by atoms with Crippen LogP contribution in [0.3, 0.4) is 0 Å². The number of rotatable bonds is 9. The Bertz CT molecular complexity index is 293. The van der Waals surface area contributed by atoms with Crippen LogP contribution in [0.25, 0.3) is 0 Å². The van der Waals surface area contributed by atoms with Gasteiger partial charge in [-0.3, -0.25) is 9.59 Å². The van der Waals surface area contributed by atoms with Gasteiger partial charge in [0.15, 0.2) is 5.41 Å². The molecular weight excluding hydrogens is 283 g/mol. The second-order valence-corrected chi connectivity index (χ2v) is 6.28. The molecule has 0 amide bonds. The molecule has 0 bridgehead atoms. The van der Waals surface area contributed by atoms with E-state index in [0.717, 1.165) is 25.7 Å². The Balaban J connectivity index is 0. The summed E-state index contributed by atoms with van der Waals surface area (Å²) in [7, 11) is 0. The predicted octanol–water partition coefficient (Wildman–Crippen LogP) is 3.29. The molecule has 2 N–H and O–H groups in total. The molecule has 0 saturated carbocycles. The van der Waals surface area contributed by atoms with Gasteiger partial charge in [-0.05, 0) is 11.8 Å². The van der Waals surface area contributed by atoms with Crippen molar-refractivity contribution >= 4 is 63.3 Å². The molecule has 0 atom stereocenters. The third-order valence-corrected chi connectivity index (χ3v) is 3.92. The minimum atomic E-state index is -1.68. The van der Waals surface area contributed by atoms with Gasteiger partial charge in [0.25, 0.3) is 0 Å². The Hall–Kier alpha value is 0.576. The number of carboxylic acid groups (broad SMARTS) is 2. The topological polar surface area (TPSA) is 74.6 Å². The van der Waals surface area contributed by atoms with Crippen LogP contribution in [0, 0.1) is 10.8 Å². The van der Waals surface area contributed by atoms with E-state index in [1.54, 1.807) is 20.8 Å². The summed E-state index contributed by atoms with van der Waals surface area (Å²) in [6.07, 6.45) is 6.29. The molecule has 0 fully saturated rings. The summed E-state index contributed by atoms with van der Waals surface area (Å²) in [6, 6.07) is 0. The summed E-state index contributed by atoms with van der Waals surface area (Å²) in [6.45, 7) is 7.20. The second-order valence-electron chi connectivity index (χ2n) is 6.28. The SMILES string of the molecule is CCCCCCCCC(C(=O)O)(C(=O)O)C(C)(C)C.[KH]. The maximum absolute atomic E-state index is 11.5. The van der Waals surface area contributed by atoms with Crippen molar-refractivity contribution in [3.8, 4) is 0 Å². The van der Waals surface area contributed by atoms with E-state index in [1.165, 1.54) is 6.42 Å². The van der Waals surface area contributed by atoms with Gasteiger partial charge in [-0.2, -0.15) is 0 Å². The van der Waals surface area contributed by atoms with Gasteiger partial charge in [0.2, 0.25) is 0 Å². The summed E-state index contributed by atoms with van der Waals surface area (Å²) in [5.41, 5.74) is -2.48. The van der Waals surface area contributed by atoms with Crippen LogP contribution in [0.15, 0.2) is 0 Å². The van der Waals surface area contributed by atoms with E-state index in [2.05, 4.69) is 6.92 Å². The fraction of sp³-hybridized carbons (Fsp3) is 0.867. The standard InChI is InChI=1S/C15H28O4.K.H/c1-5-6-7-8-9-10-11-15(12(16)17,13(18)19)14(2,3)4;;/h5-11H2,1-4H3,(H,16,17)(H,18,19);;. The van der Waals surface area contributed by atoms with E-state index >= 15 is 0 Å². The second kappa shape index (κ2) is 10.3. The van der Waals surface area contributed by atoms with Crippen LogP contribution in [0.1, 0.15) is 72.6 Å². The Morgan fingerprint density at radius 3 is 1.60 bits per heavy atom. The van der Waals surface area contributed by atoms with Crippen molar-refractivity contribution in [1.29, 1.82) is 0 Å². The van der Waals surface area contributed by atoms with Crippen molar-refractivity contribution in [3.63, 3.8) is 0 Å². The van der Waals surface area contributed by atoms with Crippen molar-refractivity contribution in [2.75, 3.05) is 0 Å². The van der Waals surface area contributed by atoms with Crippen LogP contribution in [-0.2, 0) is 9.59 Å². The molecule has 0 spiro atoms. The van der Waals surface area contributed by atoms with Crippen LogP contribution in [0.2, 0.25) is 0 Å². The first-order valence-electron chi connectivity index (χ1n) is 7.17. The summed E-state index contributed by atoms with van der Waals surface area (Å²) < 4.78 is 0. The van der Waals surface area contributed by atoms with E-state index in [-0.39, 0.29) is 57.8 Å². The monoisotopic (exact) mass is 312 g/mol. The molecule has 0 aliphatic heterocycles. The molecule has 5 heteroatoms. The molecule has 114 valence electrons. The van der Waals surface area contributed by atoms with Crippen molar-refractivity contribution < 1.29 is 19.8 Å². The molecule has 0 aromatic carbocycles. The summed E-state index contributed by atoms with van der Waals surface area (Å²) in [5.74, 6) is -2.44. The van der Waals surface area contributed by atoms with Crippen LogP contribution in [-0.4, -0.2) is 73.5 Å². The quantitative estimate of drug-likeness (QED) is 0.389. The summed E-state index contributed by atoms with van der Waals surface area (Å²) >= 11 is 0. The zero-order chi connectivity index (χ0) is 15.1. The Morgan fingerprint density at radius 2 is 1.25 bits per heavy atom. The van der Waals surface area contributed by atoms with E-state index < -0.39 is 22.8 Å². The van der Waals surface area contributed by atoms with Crippen molar-refractivity contribution in [1.82, 2.24) is 0 Å². The average Bonchev–Trinajstić information content (AvgIpc) is 2.25. The molecule has 0 saturated heterocycles. The molecule has 0 rings (SSSR count). The Labute approximate surface area is 165 Å². The number of hydrogen-bond acceptors (Lipinski definition) is 2. The first-order chi connectivity index (χ1) is 8.70. The van der Waals surface area contributed by atoms with E-state index in [0.29, 0.717) is 6.42 Å². The summed E-state index contributed by atoms with van der Waals surface area (Å²) in [5, 5.41) is 18.8. The fourth-order valence-electron chi connectivity index (χ4n) is 2.49. The van der Waals surface area contributed by atoms with Gasteiger partial charge < -0.3 is 10.2 Å². The molecule has 0 aliphatic rings. The average molecular weight is 312 g/mol. The molecule has 20 heavy (non-hydrogen) atoms. The summed E-state index contributed by atoms with van der Waals surface area (Å²) in [4.78, 5) is 23.0. The van der Waals surface area contributed by atoms with Gasteiger partial charge in [-0.1, -0.05) is 66.2 Å². The molecule has 0 unspecified atom stereocenters. The van der Waals surface area contributed by atoms with Crippen LogP contribution in [0.5, 0.6) is 0 Å². The third kappa shape index (κ3) is 6.14. The number of unbranched alkanes of at least 4 members (excludes halogenated alkanes) is 5. The minimum absolute atomic E-state index is 0. The van der Waals surface area contributed by atoms with Gasteiger partial charge in [0.05, 0.1) is 0 Å². The fourth-order valence-corrected chi connectivity index (χ4v) is 2.49. The Kier molecular flexibility index (Phi) is 11.8. The normalized spacial score (nSPS) is 11.8. The number of carboxylic acids is 2. The first kappa shape index (κ1) is 22.9. The number of carbonyl (C=O) groups is 2. The van der Waals surface area contributed by atoms with E-state index in [1.807, 2.05) is 0 Å². The van der Waals surface area contributed by atoms with Gasteiger partial charge in [0, 0.05) is 0 Å². The molecule has 0 radical (unpaired) electrons. The van der Waals surface area contributed by atoms with Crippen molar-refractivity contribution in [3.05, 3.63) is 0 Å². The zero-order valence-electron chi connectivity index (χ0n) is 12.7. The molecule has 0 heterocycles. The van der Waals surface area contributed by atoms with Gasteiger partial charge >= 0.3 is 63.3 Å². The molecule has 0 aliphatic carbocycles. The molecule has 0 aromatic heterocycles. The zero-order valence-corrected chi connectivity index (χ0v) is 12.7. The predicted molar refractivity (Wildman–Crippen MR) is 82.3 cm³/mol. The van der Waals surface area contributed by atoms with Crippen molar-refractivity contribution in [2.24, 2.45) is 10.8 Å². The van der Waals surface area contributed by atoms with E-state index in [9.17, 15) is 19.8 Å². The molecule has 4 nitrogen and oxygen atoms in total. The van der Waals surface area contributed by atoms with Crippen LogP contribution in [0.4, 0.5) is 0 Å². The van der Waals surface area contributed by atoms with Gasteiger partial charge in [0.1, 0.15) is 0 Å². The molecular formula is C15H29KO4. The number of aliphatic carboxylic acids is 2. The molecule has 0 aromatic rings. The van der Waals surface area contributed by atoms with Crippen molar-refractivity contribution in [2.45, 2.75) is 72.6 Å². The number of hydrogen-bond donors (Lipinski definition) is 2. The maximum atomic E-state index is 11.5. The van der Waals surface area contributed by atoms with E-state index in [4.69, 9.17) is 0 Å². The van der Waals surface area contributed by atoms with Gasteiger partial charge in [-0.25, -0.2) is 0 Å². The van der Waals surface area contributed by atoms with Gasteiger partial charge in [-0.15, -0.1) is 0 Å². The first-order valence-corrected chi connectivity index (χ1v) is 7.17. The van der Waals surface area contributed by atoms with Crippen LogP contribution < -0.4 is 0 Å². The Morgan fingerprint density at radius 1 is 0.850 bits per heavy atom. The van der Waals surface area contributed by atoms with Crippen LogP contribution >= 0.6 is 0 Å². The third-order valence-electron chi connectivity index (χ3n) is 3.92.